The van der Waals surface area contributed by atoms with Gasteiger partial charge in [-0.3, -0.25) is 4.79 Å². The van der Waals surface area contributed by atoms with E-state index in [-0.39, 0.29) is 11.9 Å². The van der Waals surface area contributed by atoms with E-state index >= 15 is 0 Å². The summed E-state index contributed by atoms with van der Waals surface area (Å²) in [5.74, 6) is 0.277. The van der Waals surface area contributed by atoms with Crippen LogP contribution in [-0.4, -0.2) is 40.6 Å². The molecule has 2 aromatic rings. The lowest BCUT2D eigenvalue weighted by Gasteiger charge is -2.23. The van der Waals surface area contributed by atoms with Crippen LogP contribution in [0.3, 0.4) is 0 Å². The number of nitrogens with zero attached hydrogens (tertiary/aromatic N) is 3. The molecule has 0 saturated carbocycles. The highest BCUT2D eigenvalue weighted by Gasteiger charge is 2.23. The number of amides is 1. The van der Waals surface area contributed by atoms with E-state index in [2.05, 4.69) is 20.9 Å². The molecule has 8 heteroatoms. The van der Waals surface area contributed by atoms with Crippen LogP contribution >= 0.6 is 11.6 Å². The van der Waals surface area contributed by atoms with Gasteiger partial charge in [0.25, 0.3) is 5.91 Å². The molecule has 0 bridgehead atoms. The van der Waals surface area contributed by atoms with Crippen LogP contribution < -0.4 is 15.4 Å². The van der Waals surface area contributed by atoms with E-state index in [0.29, 0.717) is 28.8 Å². The van der Waals surface area contributed by atoms with Crippen molar-refractivity contribution in [2.75, 3.05) is 25.0 Å². The van der Waals surface area contributed by atoms with Crippen molar-refractivity contribution in [3.8, 4) is 5.75 Å². The molecule has 3 rings (SSSR count). The lowest BCUT2D eigenvalue weighted by Crippen LogP contribution is -2.30. The second-order valence-corrected chi connectivity index (χ2v) is 6.83. The molecule has 1 aromatic heterocycles. The SMILES string of the molecule is CCCOc1ccc(Cl)cc1NC(=O)c1nnn(C2CCNCC2)c1C. The van der Waals surface area contributed by atoms with Crippen LogP contribution in [0.4, 0.5) is 5.69 Å². The maximum atomic E-state index is 12.7. The van der Waals surface area contributed by atoms with Crippen molar-refractivity contribution >= 4 is 23.2 Å². The molecule has 0 unspecified atom stereocenters. The van der Waals surface area contributed by atoms with Crippen LogP contribution in [-0.2, 0) is 0 Å². The number of anilines is 1. The summed E-state index contributed by atoms with van der Waals surface area (Å²) >= 11 is 6.07. The second-order valence-electron chi connectivity index (χ2n) is 6.39. The molecule has 0 atom stereocenters. The zero-order valence-electron chi connectivity index (χ0n) is 15.1. The highest BCUT2D eigenvalue weighted by atomic mass is 35.5. The van der Waals surface area contributed by atoms with Gasteiger partial charge in [-0.1, -0.05) is 23.7 Å². The number of halogens is 1. The Hall–Kier alpha value is -2.12. The van der Waals surface area contributed by atoms with Crippen molar-refractivity contribution in [3.63, 3.8) is 0 Å². The standard InChI is InChI=1S/C18H24ClN5O2/c1-3-10-26-16-5-4-13(19)11-15(16)21-18(25)17-12(2)24(23-22-17)14-6-8-20-9-7-14/h4-5,11,14,20H,3,6-10H2,1-2H3,(H,21,25). The van der Waals surface area contributed by atoms with Gasteiger partial charge in [-0.05, 0) is 57.5 Å². The van der Waals surface area contributed by atoms with Crippen LogP contribution in [0.25, 0.3) is 0 Å². The Bertz CT molecular complexity index is 771. The fraction of sp³-hybridized carbons (Fsp3) is 0.500. The number of aromatic nitrogens is 3. The number of hydrogen-bond acceptors (Lipinski definition) is 5. The summed E-state index contributed by atoms with van der Waals surface area (Å²) in [6.07, 6.45) is 2.84. The first-order valence-corrected chi connectivity index (χ1v) is 9.34. The summed E-state index contributed by atoms with van der Waals surface area (Å²) in [5, 5.41) is 15.0. The molecule has 1 saturated heterocycles. The largest absolute Gasteiger partial charge is 0.491 e. The molecule has 2 N–H and O–H groups in total. The molecule has 1 fully saturated rings. The third-order valence-corrected chi connectivity index (χ3v) is 4.68. The predicted molar refractivity (Wildman–Crippen MR) is 101 cm³/mol. The van der Waals surface area contributed by atoms with Gasteiger partial charge in [0.15, 0.2) is 5.69 Å². The normalized spacial score (nSPS) is 15.0. The summed E-state index contributed by atoms with van der Waals surface area (Å²) in [4.78, 5) is 12.7. The molecule has 26 heavy (non-hydrogen) atoms. The maximum Gasteiger partial charge on any atom is 0.278 e. The Labute approximate surface area is 158 Å². The number of benzene rings is 1. The Morgan fingerprint density at radius 2 is 2.19 bits per heavy atom. The van der Waals surface area contributed by atoms with E-state index < -0.39 is 0 Å². The van der Waals surface area contributed by atoms with E-state index in [9.17, 15) is 4.79 Å². The number of carbonyl (C=O) groups excluding carboxylic acids is 1. The van der Waals surface area contributed by atoms with Gasteiger partial charge in [-0.2, -0.15) is 0 Å². The lowest BCUT2D eigenvalue weighted by atomic mass is 10.1. The van der Waals surface area contributed by atoms with Crippen LogP contribution in [0.1, 0.15) is 48.4 Å². The Balaban J connectivity index is 1.78. The smallest absolute Gasteiger partial charge is 0.278 e. The molecular formula is C18H24ClN5O2. The minimum absolute atomic E-state index is 0.278. The molecular weight excluding hydrogens is 354 g/mol. The minimum atomic E-state index is -0.314. The molecule has 1 amide bonds. The Kier molecular flexibility index (Phi) is 6.11. The zero-order valence-corrected chi connectivity index (χ0v) is 15.8. The fourth-order valence-electron chi connectivity index (χ4n) is 3.07. The molecule has 0 aliphatic carbocycles. The summed E-state index contributed by atoms with van der Waals surface area (Å²) < 4.78 is 7.55. The number of piperidine rings is 1. The molecule has 0 radical (unpaired) electrons. The molecule has 2 heterocycles. The van der Waals surface area contributed by atoms with Gasteiger partial charge in [0.2, 0.25) is 0 Å². The first-order valence-electron chi connectivity index (χ1n) is 8.96. The second kappa shape index (κ2) is 8.51. The topological polar surface area (TPSA) is 81.1 Å². The van der Waals surface area contributed by atoms with Gasteiger partial charge < -0.3 is 15.4 Å². The van der Waals surface area contributed by atoms with Crippen LogP contribution in [0.5, 0.6) is 5.75 Å². The predicted octanol–water partition coefficient (Wildman–Crippen LogP) is 3.21. The van der Waals surface area contributed by atoms with Crippen molar-refractivity contribution in [2.24, 2.45) is 0 Å². The highest BCUT2D eigenvalue weighted by molar-refractivity contribution is 6.31. The number of nitrogens with one attached hydrogen (secondary N) is 2. The van der Waals surface area contributed by atoms with Gasteiger partial charge in [0.05, 0.1) is 24.0 Å². The van der Waals surface area contributed by atoms with E-state index in [0.717, 1.165) is 38.0 Å². The summed E-state index contributed by atoms with van der Waals surface area (Å²) in [5.41, 5.74) is 1.63. The van der Waals surface area contributed by atoms with Crippen molar-refractivity contribution < 1.29 is 9.53 Å². The highest BCUT2D eigenvalue weighted by Crippen LogP contribution is 2.29. The van der Waals surface area contributed by atoms with Crippen molar-refractivity contribution in [1.29, 1.82) is 0 Å². The Morgan fingerprint density at radius 1 is 1.42 bits per heavy atom. The third kappa shape index (κ3) is 4.16. The summed E-state index contributed by atoms with van der Waals surface area (Å²) in [7, 11) is 0. The molecule has 140 valence electrons. The average molecular weight is 378 g/mol. The number of carbonyl (C=O) groups is 1. The molecule has 1 aliphatic heterocycles. The number of ether oxygens (including phenoxy) is 1. The number of rotatable bonds is 6. The van der Waals surface area contributed by atoms with Crippen molar-refractivity contribution in [2.45, 2.75) is 39.2 Å². The first kappa shape index (κ1) is 18.7. The summed E-state index contributed by atoms with van der Waals surface area (Å²) in [6, 6.07) is 5.45. The van der Waals surface area contributed by atoms with Gasteiger partial charge in [0.1, 0.15) is 5.75 Å². The van der Waals surface area contributed by atoms with Gasteiger partial charge in [0, 0.05) is 5.02 Å². The zero-order chi connectivity index (χ0) is 18.5. The third-order valence-electron chi connectivity index (χ3n) is 4.45. The molecule has 1 aliphatic rings. The van der Waals surface area contributed by atoms with E-state index in [1.165, 1.54) is 0 Å². The summed E-state index contributed by atoms with van der Waals surface area (Å²) in [6.45, 7) is 6.37. The monoisotopic (exact) mass is 377 g/mol. The molecule has 7 nitrogen and oxygen atoms in total. The van der Waals surface area contributed by atoms with Gasteiger partial charge in [-0.25, -0.2) is 4.68 Å². The van der Waals surface area contributed by atoms with Crippen molar-refractivity contribution in [1.82, 2.24) is 20.3 Å². The molecule has 0 spiro atoms. The first-order chi connectivity index (χ1) is 12.6. The van der Waals surface area contributed by atoms with Gasteiger partial charge >= 0.3 is 0 Å². The Morgan fingerprint density at radius 3 is 2.92 bits per heavy atom. The average Bonchev–Trinajstić information content (AvgIpc) is 3.03. The lowest BCUT2D eigenvalue weighted by molar-refractivity contribution is 0.102. The van der Waals surface area contributed by atoms with Crippen LogP contribution in [0, 0.1) is 6.92 Å². The quantitative estimate of drug-likeness (QED) is 0.807. The fourth-order valence-corrected chi connectivity index (χ4v) is 3.24. The van der Waals surface area contributed by atoms with E-state index in [4.69, 9.17) is 16.3 Å². The maximum absolute atomic E-state index is 12.7. The van der Waals surface area contributed by atoms with E-state index in [1.807, 2.05) is 18.5 Å². The van der Waals surface area contributed by atoms with Crippen LogP contribution in [0.2, 0.25) is 5.02 Å². The van der Waals surface area contributed by atoms with E-state index in [1.54, 1.807) is 18.2 Å². The minimum Gasteiger partial charge on any atom is -0.491 e. The molecule has 1 aromatic carbocycles. The number of hydrogen-bond donors (Lipinski definition) is 2. The van der Waals surface area contributed by atoms with Crippen LogP contribution in [0.15, 0.2) is 18.2 Å². The van der Waals surface area contributed by atoms with Gasteiger partial charge in [-0.15, -0.1) is 5.10 Å². The van der Waals surface area contributed by atoms with Crippen molar-refractivity contribution in [3.05, 3.63) is 34.6 Å².